The Labute approximate surface area is 274 Å². The lowest BCUT2D eigenvalue weighted by molar-refractivity contribution is -0.164. The Bertz CT molecular complexity index is 1230. The maximum Gasteiger partial charge on any atom is 0.119 e. The number of nitrogens with two attached hydrogens (primary N) is 1. The number of unbranched alkanes of at least 4 members (excludes halogenated alkanes) is 2. The second-order valence-electron chi connectivity index (χ2n) is 16.1. The Morgan fingerprint density at radius 3 is 2.20 bits per heavy atom. The number of fused-ring (bicyclic) bond motifs is 5. The van der Waals surface area contributed by atoms with Crippen molar-refractivity contribution in [1.29, 1.82) is 0 Å². The first-order valence-electron chi connectivity index (χ1n) is 18.8. The van der Waals surface area contributed by atoms with Crippen LogP contribution in [-0.2, 0) is 0 Å². The number of rotatable bonds is 12. The highest BCUT2D eigenvalue weighted by atomic mass is 16.5. The van der Waals surface area contributed by atoms with Crippen LogP contribution in [0.15, 0.2) is 48.5 Å². The maximum atomic E-state index is 7.04. The first-order valence-corrected chi connectivity index (χ1v) is 18.8. The average molecular weight is 615 g/mol. The molecule has 4 heteroatoms. The van der Waals surface area contributed by atoms with E-state index >= 15 is 0 Å². The van der Waals surface area contributed by atoms with Crippen molar-refractivity contribution in [2.45, 2.75) is 130 Å². The molecule has 2 aromatic carbocycles. The van der Waals surface area contributed by atoms with Crippen LogP contribution in [0.2, 0.25) is 0 Å². The summed E-state index contributed by atoms with van der Waals surface area (Å²) in [6.07, 6.45) is 17.2. The largest absolute Gasteiger partial charge is 0.490 e. The molecule has 45 heavy (non-hydrogen) atoms. The van der Waals surface area contributed by atoms with Gasteiger partial charge in [0.05, 0.1) is 6.10 Å². The molecule has 0 spiro atoms. The summed E-state index contributed by atoms with van der Waals surface area (Å²) in [6.45, 7) is 13.6. The van der Waals surface area contributed by atoms with E-state index in [4.69, 9.17) is 15.2 Å². The molecule has 4 saturated carbocycles. The summed E-state index contributed by atoms with van der Waals surface area (Å²) in [5.41, 5.74) is 8.83. The molecular weight excluding hydrogens is 552 g/mol. The normalized spacial score (nSPS) is 36.3. The highest BCUT2D eigenvalue weighted by Gasteiger charge is 2.63. The molecule has 4 nitrogen and oxygen atoms in total. The molecule has 6 rings (SSSR count). The van der Waals surface area contributed by atoms with E-state index in [0.29, 0.717) is 16.7 Å². The Balaban J connectivity index is 1.20. The predicted molar refractivity (Wildman–Crippen MR) is 189 cm³/mol. The second kappa shape index (κ2) is 13.8. The summed E-state index contributed by atoms with van der Waals surface area (Å²) in [4.78, 5) is 0. The van der Waals surface area contributed by atoms with Crippen molar-refractivity contribution in [3.05, 3.63) is 48.5 Å². The lowest BCUT2D eigenvalue weighted by Crippen LogP contribution is -2.59. The van der Waals surface area contributed by atoms with Crippen LogP contribution in [-0.4, -0.2) is 18.8 Å². The van der Waals surface area contributed by atoms with Crippen LogP contribution in [0.3, 0.4) is 0 Å². The van der Waals surface area contributed by atoms with E-state index in [0.717, 1.165) is 66.2 Å². The van der Waals surface area contributed by atoms with Gasteiger partial charge in [0.2, 0.25) is 0 Å². The third kappa shape index (κ3) is 6.59. The van der Waals surface area contributed by atoms with Gasteiger partial charge in [-0.25, -0.2) is 0 Å². The molecular formula is C41H62N2O2. The molecule has 0 aliphatic heterocycles. The zero-order valence-corrected chi connectivity index (χ0v) is 29.0. The van der Waals surface area contributed by atoms with Crippen molar-refractivity contribution in [3.8, 4) is 11.5 Å². The third-order valence-electron chi connectivity index (χ3n) is 13.5. The fraction of sp³-hybridized carbons (Fsp3) is 0.707. The van der Waals surface area contributed by atoms with Crippen LogP contribution in [0.5, 0.6) is 11.5 Å². The zero-order chi connectivity index (χ0) is 31.6. The van der Waals surface area contributed by atoms with Crippen molar-refractivity contribution < 1.29 is 9.47 Å². The SMILES string of the molecule is CCCCCNc1ccc(OC2CC[C@@]3(C)C(C2)C(Oc2ccc(N)cc2)C[C@H]2[C@@H]4CC[C@H]([C@H](C)CCC)[C@@]4(C)CC[C@@H]23)cc1. The minimum atomic E-state index is 0.218. The monoisotopic (exact) mass is 614 g/mol. The Hall–Kier alpha value is -2.36. The minimum absolute atomic E-state index is 0.218. The molecule has 248 valence electrons. The van der Waals surface area contributed by atoms with Gasteiger partial charge in [0.15, 0.2) is 0 Å². The summed E-state index contributed by atoms with van der Waals surface area (Å²) in [5.74, 6) is 6.58. The first-order chi connectivity index (χ1) is 21.7. The molecule has 2 aromatic rings. The zero-order valence-electron chi connectivity index (χ0n) is 29.0. The lowest BCUT2D eigenvalue weighted by atomic mass is 9.43. The summed E-state index contributed by atoms with van der Waals surface area (Å²) in [5, 5.41) is 3.56. The number of hydrogen-bond acceptors (Lipinski definition) is 4. The molecule has 10 atom stereocenters. The fourth-order valence-corrected chi connectivity index (χ4v) is 11.3. The van der Waals surface area contributed by atoms with Gasteiger partial charge < -0.3 is 20.5 Å². The van der Waals surface area contributed by atoms with Crippen molar-refractivity contribution >= 4 is 11.4 Å². The van der Waals surface area contributed by atoms with Gasteiger partial charge in [0.1, 0.15) is 17.6 Å². The number of hydrogen-bond donors (Lipinski definition) is 2. The standard InChI is InChI=1S/C41H62N2O2/c1-6-8-9-25-43-30-13-17-31(18-14-30)44-33-21-23-41(5)37-22-24-40(4)35(28(3)10-7-2)19-20-36(40)34(37)27-39(38(41)26-33)45-32-15-11-29(42)12-16-32/h11-18,28,33-39,43H,6-10,19-27,42H2,1-5H3/t28-,33?,34+,35-,36+,37+,38?,39?,40-,41-/m1/s1. The Morgan fingerprint density at radius 1 is 0.778 bits per heavy atom. The Kier molecular flexibility index (Phi) is 9.98. The summed E-state index contributed by atoms with van der Waals surface area (Å²) < 4.78 is 13.8. The van der Waals surface area contributed by atoms with Gasteiger partial charge in [-0.05, 0) is 147 Å². The molecule has 0 amide bonds. The van der Waals surface area contributed by atoms with Crippen molar-refractivity contribution in [1.82, 2.24) is 0 Å². The summed E-state index contributed by atoms with van der Waals surface area (Å²) in [6, 6.07) is 16.8. The van der Waals surface area contributed by atoms with Gasteiger partial charge in [0, 0.05) is 23.8 Å². The molecule has 0 aromatic heterocycles. The number of nitrogens with one attached hydrogen (secondary N) is 1. The molecule has 0 heterocycles. The van der Waals surface area contributed by atoms with E-state index in [-0.39, 0.29) is 12.2 Å². The van der Waals surface area contributed by atoms with Crippen molar-refractivity contribution in [3.63, 3.8) is 0 Å². The van der Waals surface area contributed by atoms with E-state index in [1.807, 2.05) is 12.1 Å². The molecule has 0 radical (unpaired) electrons. The second-order valence-corrected chi connectivity index (χ2v) is 16.1. The molecule has 3 unspecified atom stereocenters. The van der Waals surface area contributed by atoms with E-state index in [2.05, 4.69) is 76.3 Å². The highest BCUT2D eigenvalue weighted by molar-refractivity contribution is 5.46. The Morgan fingerprint density at radius 2 is 1.47 bits per heavy atom. The van der Waals surface area contributed by atoms with E-state index < -0.39 is 0 Å². The van der Waals surface area contributed by atoms with E-state index in [1.54, 1.807) is 0 Å². The quantitative estimate of drug-likeness (QED) is 0.184. The predicted octanol–water partition coefficient (Wildman–Crippen LogP) is 10.8. The topological polar surface area (TPSA) is 56.5 Å². The summed E-state index contributed by atoms with van der Waals surface area (Å²) in [7, 11) is 0. The molecule has 4 aliphatic carbocycles. The van der Waals surface area contributed by atoms with Crippen molar-refractivity contribution in [2.75, 3.05) is 17.6 Å². The smallest absolute Gasteiger partial charge is 0.119 e. The van der Waals surface area contributed by atoms with Crippen LogP contribution >= 0.6 is 0 Å². The summed E-state index contributed by atoms with van der Waals surface area (Å²) >= 11 is 0. The van der Waals surface area contributed by atoms with Gasteiger partial charge in [-0.15, -0.1) is 0 Å². The fourth-order valence-electron chi connectivity index (χ4n) is 11.3. The van der Waals surface area contributed by atoms with Crippen LogP contribution in [0.4, 0.5) is 11.4 Å². The van der Waals surface area contributed by atoms with Gasteiger partial charge in [-0.1, -0.05) is 60.3 Å². The third-order valence-corrected chi connectivity index (χ3v) is 13.5. The van der Waals surface area contributed by atoms with Crippen molar-refractivity contribution in [2.24, 2.45) is 46.3 Å². The van der Waals surface area contributed by atoms with Crippen LogP contribution in [0.1, 0.15) is 118 Å². The van der Waals surface area contributed by atoms with Crippen LogP contribution in [0.25, 0.3) is 0 Å². The number of anilines is 2. The van der Waals surface area contributed by atoms with Crippen LogP contribution in [0, 0.1) is 46.3 Å². The van der Waals surface area contributed by atoms with Crippen LogP contribution < -0.4 is 20.5 Å². The molecule has 4 aliphatic rings. The number of ether oxygens (including phenoxy) is 2. The maximum absolute atomic E-state index is 7.04. The molecule has 0 saturated heterocycles. The number of benzene rings is 2. The van der Waals surface area contributed by atoms with Gasteiger partial charge in [-0.3, -0.25) is 0 Å². The van der Waals surface area contributed by atoms with Gasteiger partial charge in [-0.2, -0.15) is 0 Å². The number of nitrogen functional groups attached to an aromatic ring is 1. The van der Waals surface area contributed by atoms with E-state index in [9.17, 15) is 0 Å². The lowest BCUT2D eigenvalue weighted by Gasteiger charge is -2.63. The average Bonchev–Trinajstić information content (AvgIpc) is 3.39. The van der Waals surface area contributed by atoms with Gasteiger partial charge in [0.25, 0.3) is 0 Å². The molecule has 0 bridgehead atoms. The molecule has 4 fully saturated rings. The highest BCUT2D eigenvalue weighted by Crippen LogP contribution is 2.68. The first kappa shape index (κ1) is 32.6. The molecule has 3 N–H and O–H groups in total. The minimum Gasteiger partial charge on any atom is -0.490 e. The van der Waals surface area contributed by atoms with Gasteiger partial charge >= 0.3 is 0 Å². The van der Waals surface area contributed by atoms with E-state index in [1.165, 1.54) is 76.3 Å².